The lowest BCUT2D eigenvalue weighted by Gasteiger charge is -2.39. The van der Waals surface area contributed by atoms with Crippen LogP contribution in [-0.4, -0.2) is 17.0 Å². The molecule has 1 unspecified atom stereocenters. The molecule has 3 atom stereocenters. The standard InChI is InChI=1S/C15H25BrO/c1-11(8-10-16)5-6-12-14(2,3)13-7-9-15(12,4)17-13/h8,12-13H,5-7,9-10H2,1-4H3/b11-8+/t12-,13-,15?/m1/s1. The van der Waals surface area contributed by atoms with Crippen LogP contribution in [0.25, 0.3) is 0 Å². The molecule has 0 radical (unpaired) electrons. The van der Waals surface area contributed by atoms with E-state index in [2.05, 4.69) is 49.7 Å². The number of hydrogen-bond donors (Lipinski definition) is 0. The molecular formula is C15H25BrO. The van der Waals surface area contributed by atoms with E-state index in [0.717, 1.165) is 5.33 Å². The van der Waals surface area contributed by atoms with Gasteiger partial charge >= 0.3 is 0 Å². The molecule has 0 aromatic heterocycles. The summed E-state index contributed by atoms with van der Waals surface area (Å²) in [6.07, 6.45) is 7.78. The summed E-state index contributed by atoms with van der Waals surface area (Å²) in [5, 5.41) is 0.975. The van der Waals surface area contributed by atoms with Crippen molar-refractivity contribution in [1.82, 2.24) is 0 Å². The molecule has 0 N–H and O–H groups in total. The fourth-order valence-corrected chi connectivity index (χ4v) is 4.49. The molecule has 0 saturated carbocycles. The zero-order chi connectivity index (χ0) is 12.7. The van der Waals surface area contributed by atoms with Crippen LogP contribution in [-0.2, 0) is 4.74 Å². The van der Waals surface area contributed by atoms with E-state index >= 15 is 0 Å². The molecule has 2 rings (SSSR count). The third kappa shape index (κ3) is 2.35. The summed E-state index contributed by atoms with van der Waals surface area (Å²) in [6, 6.07) is 0. The molecule has 2 heteroatoms. The molecule has 0 aliphatic carbocycles. The van der Waals surface area contributed by atoms with Gasteiger partial charge in [-0.2, -0.15) is 0 Å². The van der Waals surface area contributed by atoms with Crippen LogP contribution in [0.5, 0.6) is 0 Å². The van der Waals surface area contributed by atoms with Gasteiger partial charge in [0.05, 0.1) is 11.7 Å². The van der Waals surface area contributed by atoms with Crippen molar-refractivity contribution in [2.24, 2.45) is 11.3 Å². The number of halogens is 1. The number of allylic oxidation sites excluding steroid dienone is 2. The highest BCUT2D eigenvalue weighted by atomic mass is 79.9. The Morgan fingerprint density at radius 1 is 1.41 bits per heavy atom. The van der Waals surface area contributed by atoms with Crippen molar-refractivity contribution in [2.75, 3.05) is 5.33 Å². The molecule has 2 bridgehead atoms. The lowest BCUT2D eigenvalue weighted by atomic mass is 9.62. The summed E-state index contributed by atoms with van der Waals surface area (Å²) < 4.78 is 6.25. The van der Waals surface area contributed by atoms with Crippen LogP contribution in [0.2, 0.25) is 0 Å². The Balaban J connectivity index is 2.03. The third-order valence-electron chi connectivity index (χ3n) is 5.03. The predicted molar refractivity (Wildman–Crippen MR) is 76.6 cm³/mol. The van der Waals surface area contributed by atoms with E-state index in [1.807, 2.05) is 0 Å². The molecule has 1 nitrogen and oxygen atoms in total. The predicted octanol–water partition coefficient (Wildman–Crippen LogP) is 4.70. The van der Waals surface area contributed by atoms with Gasteiger partial charge in [0.15, 0.2) is 0 Å². The van der Waals surface area contributed by atoms with Gasteiger partial charge < -0.3 is 4.74 Å². The Morgan fingerprint density at radius 2 is 2.12 bits per heavy atom. The summed E-state index contributed by atoms with van der Waals surface area (Å²) in [5.41, 5.74) is 2.02. The van der Waals surface area contributed by atoms with E-state index in [1.165, 1.54) is 31.3 Å². The van der Waals surface area contributed by atoms with E-state index < -0.39 is 0 Å². The summed E-state index contributed by atoms with van der Waals surface area (Å²) in [5.74, 6) is 0.715. The van der Waals surface area contributed by atoms with Crippen LogP contribution < -0.4 is 0 Å². The highest BCUT2D eigenvalue weighted by Crippen LogP contribution is 2.59. The average molecular weight is 301 g/mol. The topological polar surface area (TPSA) is 9.23 Å². The van der Waals surface area contributed by atoms with Gasteiger partial charge in [-0.25, -0.2) is 0 Å². The minimum absolute atomic E-state index is 0.156. The summed E-state index contributed by atoms with van der Waals surface area (Å²) in [4.78, 5) is 0. The number of fused-ring (bicyclic) bond motifs is 2. The van der Waals surface area contributed by atoms with Crippen LogP contribution in [0.3, 0.4) is 0 Å². The smallest absolute Gasteiger partial charge is 0.0693 e. The fraction of sp³-hybridized carbons (Fsp3) is 0.867. The van der Waals surface area contributed by atoms with Crippen molar-refractivity contribution < 1.29 is 4.74 Å². The van der Waals surface area contributed by atoms with Gasteiger partial charge in [0.25, 0.3) is 0 Å². The van der Waals surface area contributed by atoms with E-state index in [-0.39, 0.29) is 5.60 Å². The van der Waals surface area contributed by atoms with Gasteiger partial charge in [0.1, 0.15) is 0 Å². The highest BCUT2D eigenvalue weighted by molar-refractivity contribution is 9.09. The molecule has 17 heavy (non-hydrogen) atoms. The van der Waals surface area contributed by atoms with Crippen molar-refractivity contribution in [1.29, 1.82) is 0 Å². The lowest BCUT2D eigenvalue weighted by molar-refractivity contribution is 0.00470. The number of rotatable bonds is 4. The van der Waals surface area contributed by atoms with E-state index in [9.17, 15) is 0 Å². The Bertz CT molecular complexity index is 316. The average Bonchev–Trinajstić information content (AvgIpc) is 2.69. The van der Waals surface area contributed by atoms with Crippen molar-refractivity contribution >= 4 is 15.9 Å². The zero-order valence-corrected chi connectivity index (χ0v) is 13.1. The molecule has 0 spiro atoms. The molecule has 2 heterocycles. The normalized spacial score (nSPS) is 39.9. The maximum Gasteiger partial charge on any atom is 0.0693 e. The maximum absolute atomic E-state index is 6.25. The minimum atomic E-state index is 0.156. The Kier molecular flexibility index (Phi) is 3.76. The summed E-state index contributed by atoms with van der Waals surface area (Å²) in [7, 11) is 0. The lowest BCUT2D eigenvalue weighted by Crippen LogP contribution is -2.40. The second-order valence-corrected chi connectivity index (χ2v) is 7.22. The van der Waals surface area contributed by atoms with E-state index in [0.29, 0.717) is 17.4 Å². The van der Waals surface area contributed by atoms with Gasteiger partial charge in [-0.1, -0.05) is 41.4 Å². The van der Waals surface area contributed by atoms with Crippen molar-refractivity contribution in [3.8, 4) is 0 Å². The molecule has 0 aromatic rings. The Morgan fingerprint density at radius 3 is 2.65 bits per heavy atom. The van der Waals surface area contributed by atoms with E-state index in [4.69, 9.17) is 4.74 Å². The maximum atomic E-state index is 6.25. The largest absolute Gasteiger partial charge is 0.371 e. The molecule has 98 valence electrons. The quantitative estimate of drug-likeness (QED) is 0.540. The third-order valence-corrected chi connectivity index (χ3v) is 5.36. The molecule has 2 aliphatic heterocycles. The SMILES string of the molecule is C/C(=C\CBr)CC[C@H]1C2(C)CC[C@@H](O2)C1(C)C. The van der Waals surface area contributed by atoms with Gasteiger partial charge in [-0.05, 0) is 50.9 Å². The first-order valence-electron chi connectivity index (χ1n) is 6.79. The van der Waals surface area contributed by atoms with Gasteiger partial charge in [-0.3, -0.25) is 0 Å². The van der Waals surface area contributed by atoms with Crippen LogP contribution in [0.15, 0.2) is 11.6 Å². The van der Waals surface area contributed by atoms with Crippen LogP contribution in [0, 0.1) is 11.3 Å². The molecule has 2 aliphatic rings. The molecule has 0 amide bonds. The minimum Gasteiger partial charge on any atom is -0.371 e. The summed E-state index contributed by atoms with van der Waals surface area (Å²) in [6.45, 7) is 9.37. The molecule has 2 fully saturated rings. The Hall–Kier alpha value is 0.180. The molecular weight excluding hydrogens is 276 g/mol. The van der Waals surface area contributed by atoms with Gasteiger partial charge in [0.2, 0.25) is 0 Å². The number of ether oxygens (including phenoxy) is 1. The molecule has 2 saturated heterocycles. The second kappa shape index (κ2) is 4.70. The van der Waals surface area contributed by atoms with Gasteiger partial charge in [-0.15, -0.1) is 0 Å². The van der Waals surface area contributed by atoms with Gasteiger partial charge in [0, 0.05) is 5.33 Å². The summed E-state index contributed by atoms with van der Waals surface area (Å²) >= 11 is 3.47. The number of hydrogen-bond acceptors (Lipinski definition) is 1. The van der Waals surface area contributed by atoms with E-state index in [1.54, 1.807) is 0 Å². The first-order chi connectivity index (χ1) is 7.90. The van der Waals surface area contributed by atoms with Crippen molar-refractivity contribution in [3.05, 3.63) is 11.6 Å². The molecule has 0 aromatic carbocycles. The fourth-order valence-electron chi connectivity index (χ4n) is 3.94. The van der Waals surface area contributed by atoms with Crippen LogP contribution in [0.4, 0.5) is 0 Å². The zero-order valence-electron chi connectivity index (χ0n) is 11.6. The van der Waals surface area contributed by atoms with Crippen molar-refractivity contribution in [2.45, 2.75) is 65.1 Å². The number of alkyl halides is 1. The highest BCUT2D eigenvalue weighted by Gasteiger charge is 2.60. The Labute approximate surface area is 114 Å². The van der Waals surface area contributed by atoms with Crippen LogP contribution >= 0.6 is 15.9 Å². The monoisotopic (exact) mass is 300 g/mol. The first-order valence-corrected chi connectivity index (χ1v) is 7.92. The second-order valence-electron chi connectivity index (χ2n) is 6.58. The van der Waals surface area contributed by atoms with Crippen molar-refractivity contribution in [3.63, 3.8) is 0 Å². The van der Waals surface area contributed by atoms with Crippen LogP contribution in [0.1, 0.15) is 53.4 Å². The first kappa shape index (κ1) is 13.6.